The third kappa shape index (κ3) is 2.93. The second-order valence-electron chi connectivity index (χ2n) is 6.94. The molecule has 1 aliphatic carbocycles. The lowest BCUT2D eigenvalue weighted by molar-refractivity contribution is -0.117. The molecule has 0 bridgehead atoms. The largest absolute Gasteiger partial charge is 0.486 e. The lowest BCUT2D eigenvalue weighted by Crippen LogP contribution is -2.16. The Balaban J connectivity index is 1.31. The lowest BCUT2D eigenvalue weighted by Gasteiger charge is -2.18. The summed E-state index contributed by atoms with van der Waals surface area (Å²) in [5.41, 5.74) is 2.45. The van der Waals surface area contributed by atoms with Crippen LogP contribution in [0, 0.1) is 5.92 Å². The molecule has 2 heterocycles. The van der Waals surface area contributed by atoms with Gasteiger partial charge in [0.1, 0.15) is 13.2 Å². The standard InChI is InChI=1S/C21H18N2O4/c24-18-5-6-22-17-10-13(2-3-14(17)18)23-21(25)16-11-15(16)12-1-4-19-20(9-12)27-8-7-26-19/h1-6,9-10,15-16H,7-8,11H2,(H,22,24)(H,23,25)/t15-,16+/m1/s1. The summed E-state index contributed by atoms with van der Waals surface area (Å²) in [4.78, 5) is 27.5. The minimum atomic E-state index is -0.0573. The van der Waals surface area contributed by atoms with E-state index in [0.29, 0.717) is 29.8 Å². The van der Waals surface area contributed by atoms with Gasteiger partial charge in [-0.3, -0.25) is 9.59 Å². The Bertz CT molecular complexity index is 1100. The summed E-state index contributed by atoms with van der Waals surface area (Å²) >= 11 is 0. The lowest BCUT2D eigenvalue weighted by atomic mass is 10.1. The van der Waals surface area contributed by atoms with E-state index >= 15 is 0 Å². The van der Waals surface area contributed by atoms with Crippen LogP contribution in [0.1, 0.15) is 17.9 Å². The number of hydrogen-bond acceptors (Lipinski definition) is 4. The Morgan fingerprint density at radius 2 is 1.89 bits per heavy atom. The van der Waals surface area contributed by atoms with Gasteiger partial charge in [0.25, 0.3) is 0 Å². The van der Waals surface area contributed by atoms with Crippen LogP contribution < -0.4 is 20.2 Å². The first kappa shape index (κ1) is 15.9. The van der Waals surface area contributed by atoms with E-state index in [-0.39, 0.29) is 23.2 Å². The van der Waals surface area contributed by atoms with Gasteiger partial charge in [-0.2, -0.15) is 0 Å². The highest BCUT2D eigenvalue weighted by molar-refractivity contribution is 5.97. The monoisotopic (exact) mass is 362 g/mol. The zero-order valence-electron chi connectivity index (χ0n) is 14.5. The molecule has 1 aromatic heterocycles. The van der Waals surface area contributed by atoms with Crippen molar-refractivity contribution in [2.75, 3.05) is 18.5 Å². The van der Waals surface area contributed by atoms with Gasteiger partial charge in [-0.25, -0.2) is 0 Å². The summed E-state index contributed by atoms with van der Waals surface area (Å²) in [5, 5.41) is 3.57. The first-order valence-electron chi connectivity index (χ1n) is 9.01. The van der Waals surface area contributed by atoms with E-state index in [1.807, 2.05) is 18.2 Å². The van der Waals surface area contributed by atoms with Crippen LogP contribution in [-0.4, -0.2) is 24.1 Å². The molecule has 6 nitrogen and oxygen atoms in total. The molecular formula is C21H18N2O4. The van der Waals surface area contributed by atoms with E-state index in [0.717, 1.165) is 23.5 Å². The maximum absolute atomic E-state index is 12.6. The molecule has 5 rings (SSSR count). The molecule has 2 aliphatic rings. The second-order valence-corrected chi connectivity index (χ2v) is 6.94. The van der Waals surface area contributed by atoms with Crippen LogP contribution in [-0.2, 0) is 4.79 Å². The Labute approximate surface area is 155 Å². The number of rotatable bonds is 3. The van der Waals surface area contributed by atoms with Gasteiger partial charge in [0, 0.05) is 29.3 Å². The normalized spacial score (nSPS) is 20.3. The molecule has 3 aromatic rings. The highest BCUT2D eigenvalue weighted by Gasteiger charge is 2.44. The van der Waals surface area contributed by atoms with Crippen molar-refractivity contribution in [2.24, 2.45) is 5.92 Å². The molecule has 0 unspecified atom stereocenters. The molecule has 0 saturated heterocycles. The third-order valence-electron chi connectivity index (χ3n) is 5.15. The number of nitrogens with one attached hydrogen (secondary N) is 2. The molecule has 136 valence electrons. The number of pyridine rings is 1. The van der Waals surface area contributed by atoms with Crippen molar-refractivity contribution in [3.8, 4) is 11.5 Å². The van der Waals surface area contributed by atoms with Crippen LogP contribution in [0.4, 0.5) is 5.69 Å². The van der Waals surface area contributed by atoms with Gasteiger partial charge >= 0.3 is 0 Å². The first-order valence-corrected chi connectivity index (χ1v) is 9.01. The Morgan fingerprint density at radius 1 is 1.04 bits per heavy atom. The number of anilines is 1. The average Bonchev–Trinajstić information content (AvgIpc) is 3.49. The van der Waals surface area contributed by atoms with Gasteiger partial charge < -0.3 is 19.8 Å². The van der Waals surface area contributed by atoms with Crippen LogP contribution in [0.5, 0.6) is 11.5 Å². The van der Waals surface area contributed by atoms with Gasteiger partial charge in [-0.15, -0.1) is 0 Å². The topological polar surface area (TPSA) is 80.4 Å². The summed E-state index contributed by atoms with van der Waals surface area (Å²) in [6.07, 6.45) is 2.42. The van der Waals surface area contributed by atoms with E-state index in [9.17, 15) is 9.59 Å². The number of carbonyl (C=O) groups is 1. The van der Waals surface area contributed by atoms with Crippen LogP contribution in [0.3, 0.4) is 0 Å². The molecule has 1 saturated carbocycles. The number of benzene rings is 2. The van der Waals surface area contributed by atoms with E-state index in [1.165, 1.54) is 6.07 Å². The number of aromatic amines is 1. The Morgan fingerprint density at radius 3 is 2.78 bits per heavy atom. The molecule has 6 heteroatoms. The number of fused-ring (bicyclic) bond motifs is 2. The number of aromatic nitrogens is 1. The molecule has 1 amide bonds. The highest BCUT2D eigenvalue weighted by Crippen LogP contribution is 2.49. The van der Waals surface area contributed by atoms with E-state index < -0.39 is 0 Å². The van der Waals surface area contributed by atoms with Gasteiger partial charge in [0.05, 0.1) is 5.52 Å². The van der Waals surface area contributed by atoms with Crippen molar-refractivity contribution >= 4 is 22.5 Å². The average molecular weight is 362 g/mol. The molecule has 2 atom stereocenters. The summed E-state index contributed by atoms with van der Waals surface area (Å²) in [6.45, 7) is 1.12. The Kier molecular flexibility index (Phi) is 3.63. The van der Waals surface area contributed by atoms with Crippen molar-refractivity contribution in [3.05, 3.63) is 64.4 Å². The van der Waals surface area contributed by atoms with Crippen molar-refractivity contribution in [1.82, 2.24) is 4.98 Å². The minimum Gasteiger partial charge on any atom is -0.486 e. The zero-order chi connectivity index (χ0) is 18.4. The maximum Gasteiger partial charge on any atom is 0.228 e. The number of H-pyrrole nitrogens is 1. The summed E-state index contributed by atoms with van der Waals surface area (Å²) in [6, 6.07) is 12.7. The van der Waals surface area contributed by atoms with Gasteiger partial charge in [-0.05, 0) is 48.2 Å². The molecule has 27 heavy (non-hydrogen) atoms. The molecule has 0 radical (unpaired) electrons. The molecule has 1 fully saturated rings. The SMILES string of the molecule is O=C(Nc1ccc2c(=O)cc[nH]c2c1)[C@H]1C[C@@H]1c1ccc2c(c1)OCCO2. The fourth-order valence-corrected chi connectivity index (χ4v) is 3.63. The van der Waals surface area contributed by atoms with Crippen LogP contribution in [0.2, 0.25) is 0 Å². The fourth-order valence-electron chi connectivity index (χ4n) is 3.63. The summed E-state index contributed by atoms with van der Waals surface area (Å²) < 4.78 is 11.2. The predicted molar refractivity (Wildman–Crippen MR) is 101 cm³/mol. The molecular weight excluding hydrogens is 344 g/mol. The number of amides is 1. The molecule has 2 aromatic carbocycles. The second kappa shape index (κ2) is 6.16. The van der Waals surface area contributed by atoms with E-state index in [4.69, 9.17) is 9.47 Å². The van der Waals surface area contributed by atoms with Crippen molar-refractivity contribution in [2.45, 2.75) is 12.3 Å². The van der Waals surface area contributed by atoms with Gasteiger partial charge in [0.15, 0.2) is 16.9 Å². The zero-order valence-corrected chi connectivity index (χ0v) is 14.5. The highest BCUT2D eigenvalue weighted by atomic mass is 16.6. The Hall–Kier alpha value is -3.28. The quantitative estimate of drug-likeness (QED) is 0.750. The molecule has 0 spiro atoms. The third-order valence-corrected chi connectivity index (χ3v) is 5.15. The van der Waals surface area contributed by atoms with E-state index in [1.54, 1.807) is 24.4 Å². The molecule has 2 N–H and O–H groups in total. The molecule has 1 aliphatic heterocycles. The maximum atomic E-state index is 12.6. The first-order chi connectivity index (χ1) is 13.2. The summed E-state index contributed by atoms with van der Waals surface area (Å²) in [5.74, 6) is 1.65. The minimum absolute atomic E-state index is 0.00693. The van der Waals surface area contributed by atoms with Crippen LogP contribution in [0.25, 0.3) is 10.9 Å². The van der Waals surface area contributed by atoms with Gasteiger partial charge in [0.2, 0.25) is 5.91 Å². The number of ether oxygens (including phenoxy) is 2. The fraction of sp³-hybridized carbons (Fsp3) is 0.238. The van der Waals surface area contributed by atoms with Crippen molar-refractivity contribution in [3.63, 3.8) is 0 Å². The van der Waals surface area contributed by atoms with E-state index in [2.05, 4.69) is 10.3 Å². The van der Waals surface area contributed by atoms with Crippen LogP contribution in [0.15, 0.2) is 53.5 Å². The summed E-state index contributed by atoms with van der Waals surface area (Å²) in [7, 11) is 0. The smallest absolute Gasteiger partial charge is 0.228 e. The number of hydrogen-bond donors (Lipinski definition) is 2. The number of carbonyl (C=O) groups excluding carboxylic acids is 1. The van der Waals surface area contributed by atoms with Crippen molar-refractivity contribution < 1.29 is 14.3 Å². The van der Waals surface area contributed by atoms with Gasteiger partial charge in [-0.1, -0.05) is 6.07 Å². The van der Waals surface area contributed by atoms with Crippen LogP contribution >= 0.6 is 0 Å². The van der Waals surface area contributed by atoms with Crippen molar-refractivity contribution in [1.29, 1.82) is 0 Å². The predicted octanol–water partition coefficient (Wildman–Crippen LogP) is 3.04.